The van der Waals surface area contributed by atoms with E-state index in [9.17, 15) is 9.59 Å². The summed E-state index contributed by atoms with van der Waals surface area (Å²) in [6, 6.07) is 7.55. The zero-order chi connectivity index (χ0) is 13.0. The molecule has 1 aromatic carbocycles. The fraction of sp³-hybridized carbons (Fsp3) is 0.385. The molecule has 0 unspecified atom stereocenters. The number of amides is 2. The Balaban J connectivity index is 2.30. The van der Waals surface area contributed by atoms with Crippen LogP contribution in [0.4, 0.5) is 5.69 Å². The molecule has 0 bridgehead atoms. The molecule has 1 aromatic rings. The van der Waals surface area contributed by atoms with E-state index in [0.717, 1.165) is 12.1 Å². The number of carbonyl (C=O) groups is 2. The summed E-state index contributed by atoms with van der Waals surface area (Å²) < 4.78 is 0. The van der Waals surface area contributed by atoms with E-state index in [-0.39, 0.29) is 11.8 Å². The highest BCUT2D eigenvalue weighted by Gasteiger charge is 2.29. The Morgan fingerprint density at radius 3 is 2.56 bits per heavy atom. The molecule has 96 valence electrons. The lowest BCUT2D eigenvalue weighted by molar-refractivity contribution is -0.124. The van der Waals surface area contributed by atoms with Gasteiger partial charge in [0.25, 0.3) is 0 Å². The molecule has 1 aliphatic rings. The van der Waals surface area contributed by atoms with Crippen LogP contribution in [0.25, 0.3) is 0 Å². The van der Waals surface area contributed by atoms with E-state index in [4.69, 9.17) is 0 Å². The third-order valence-electron chi connectivity index (χ3n) is 2.75. The third-order valence-corrected chi connectivity index (χ3v) is 3.65. The van der Waals surface area contributed by atoms with Crippen molar-refractivity contribution in [3.05, 3.63) is 29.8 Å². The minimum absolute atomic E-state index is 0.125. The average Bonchev–Trinajstić information content (AvgIpc) is 2.37. The summed E-state index contributed by atoms with van der Waals surface area (Å²) in [5, 5.41) is 3.22. The van der Waals surface area contributed by atoms with Crippen LogP contribution in [-0.4, -0.2) is 29.9 Å². The summed E-state index contributed by atoms with van der Waals surface area (Å²) >= 11 is 1.38. The molecule has 5 heteroatoms. The van der Waals surface area contributed by atoms with Gasteiger partial charge in [0.15, 0.2) is 0 Å². The molecule has 1 aliphatic heterocycles. The first kappa shape index (κ1) is 13.1. The van der Waals surface area contributed by atoms with Crippen LogP contribution in [0.1, 0.15) is 12.5 Å². The van der Waals surface area contributed by atoms with Gasteiger partial charge in [0.05, 0.1) is 17.2 Å². The second kappa shape index (κ2) is 6.02. The van der Waals surface area contributed by atoms with Crippen molar-refractivity contribution < 1.29 is 9.59 Å². The van der Waals surface area contributed by atoms with Gasteiger partial charge in [0.1, 0.15) is 0 Å². The zero-order valence-corrected chi connectivity index (χ0v) is 11.1. The number of nitrogens with zero attached hydrogens (tertiary/aromatic N) is 1. The van der Waals surface area contributed by atoms with Crippen molar-refractivity contribution in [2.24, 2.45) is 0 Å². The maximum Gasteiger partial charge on any atom is 0.243 e. The smallest absolute Gasteiger partial charge is 0.243 e. The molecule has 0 aromatic heterocycles. The van der Waals surface area contributed by atoms with Crippen molar-refractivity contribution in [3.63, 3.8) is 0 Å². The van der Waals surface area contributed by atoms with Crippen molar-refractivity contribution >= 4 is 29.3 Å². The second-order valence-electron chi connectivity index (χ2n) is 4.02. The Hall–Kier alpha value is -1.33. The van der Waals surface area contributed by atoms with Crippen molar-refractivity contribution in [1.82, 2.24) is 5.32 Å². The lowest BCUT2D eigenvalue weighted by Gasteiger charge is -2.26. The average molecular weight is 264 g/mol. The Kier molecular flexibility index (Phi) is 4.38. The van der Waals surface area contributed by atoms with Crippen LogP contribution in [0, 0.1) is 0 Å². The number of benzene rings is 1. The van der Waals surface area contributed by atoms with Crippen LogP contribution in [0.2, 0.25) is 0 Å². The highest BCUT2D eigenvalue weighted by molar-refractivity contribution is 8.00. The summed E-state index contributed by atoms with van der Waals surface area (Å²) in [7, 11) is 0. The highest BCUT2D eigenvalue weighted by atomic mass is 32.2. The van der Waals surface area contributed by atoms with Crippen LogP contribution in [0.3, 0.4) is 0 Å². The fourth-order valence-corrected chi connectivity index (χ4v) is 2.61. The quantitative estimate of drug-likeness (QED) is 0.835. The van der Waals surface area contributed by atoms with Gasteiger partial charge in [-0.25, -0.2) is 4.90 Å². The number of anilines is 1. The molecule has 4 nitrogen and oxygen atoms in total. The van der Waals surface area contributed by atoms with E-state index < -0.39 is 0 Å². The molecule has 0 atom stereocenters. The predicted octanol–water partition coefficient (Wildman–Crippen LogP) is 1.40. The van der Waals surface area contributed by atoms with Crippen LogP contribution < -0.4 is 10.2 Å². The van der Waals surface area contributed by atoms with Gasteiger partial charge in [-0.3, -0.25) is 9.59 Å². The van der Waals surface area contributed by atoms with Gasteiger partial charge in [-0.15, -0.1) is 11.8 Å². The van der Waals surface area contributed by atoms with Gasteiger partial charge in [-0.2, -0.15) is 0 Å². The highest BCUT2D eigenvalue weighted by Crippen LogP contribution is 2.25. The number of thioether (sulfide) groups is 1. The van der Waals surface area contributed by atoms with E-state index in [1.807, 2.05) is 31.2 Å². The summed E-state index contributed by atoms with van der Waals surface area (Å²) in [5.41, 5.74) is 1.70. The molecule has 0 aliphatic carbocycles. The van der Waals surface area contributed by atoms with Crippen LogP contribution in [-0.2, 0) is 16.1 Å². The molecule has 0 saturated carbocycles. The van der Waals surface area contributed by atoms with Crippen LogP contribution in [0.15, 0.2) is 24.3 Å². The van der Waals surface area contributed by atoms with Gasteiger partial charge < -0.3 is 5.32 Å². The molecule has 1 N–H and O–H groups in total. The Labute approximate surface area is 111 Å². The van der Waals surface area contributed by atoms with Crippen molar-refractivity contribution in [2.75, 3.05) is 23.0 Å². The number of nitrogens with one attached hydrogen (secondary N) is 1. The number of para-hydroxylation sites is 1. The van der Waals surface area contributed by atoms with Gasteiger partial charge in [0, 0.05) is 6.54 Å². The first-order chi connectivity index (χ1) is 8.74. The van der Waals surface area contributed by atoms with Gasteiger partial charge in [-0.05, 0) is 18.2 Å². The third kappa shape index (κ3) is 2.73. The van der Waals surface area contributed by atoms with E-state index in [2.05, 4.69) is 5.32 Å². The molecule has 18 heavy (non-hydrogen) atoms. The van der Waals surface area contributed by atoms with Crippen LogP contribution in [0.5, 0.6) is 0 Å². The summed E-state index contributed by atoms with van der Waals surface area (Å²) in [4.78, 5) is 25.1. The summed E-state index contributed by atoms with van der Waals surface area (Å²) in [5.74, 6) is 0.503. The molecule has 1 fully saturated rings. The first-order valence-electron chi connectivity index (χ1n) is 5.96. The summed E-state index contributed by atoms with van der Waals surface area (Å²) in [6.45, 7) is 3.54. The molecule has 2 rings (SSSR count). The molecule has 2 amide bonds. The van der Waals surface area contributed by atoms with Gasteiger partial charge >= 0.3 is 0 Å². The van der Waals surface area contributed by atoms with E-state index in [0.29, 0.717) is 23.7 Å². The fourth-order valence-electron chi connectivity index (χ4n) is 1.90. The Morgan fingerprint density at radius 1 is 1.22 bits per heavy atom. The monoisotopic (exact) mass is 264 g/mol. The van der Waals surface area contributed by atoms with E-state index in [1.165, 1.54) is 16.7 Å². The zero-order valence-electron chi connectivity index (χ0n) is 10.3. The lowest BCUT2D eigenvalue weighted by Crippen LogP contribution is -2.43. The van der Waals surface area contributed by atoms with Crippen molar-refractivity contribution in [2.45, 2.75) is 13.5 Å². The number of hydrogen-bond acceptors (Lipinski definition) is 4. The van der Waals surface area contributed by atoms with Crippen molar-refractivity contribution in [3.8, 4) is 0 Å². The molecule has 1 heterocycles. The van der Waals surface area contributed by atoms with Crippen LogP contribution >= 0.6 is 11.8 Å². The minimum Gasteiger partial charge on any atom is -0.313 e. The first-order valence-corrected chi connectivity index (χ1v) is 7.11. The number of imide groups is 1. The van der Waals surface area contributed by atoms with Gasteiger partial charge in [-0.1, -0.05) is 25.1 Å². The lowest BCUT2D eigenvalue weighted by atomic mass is 10.1. The van der Waals surface area contributed by atoms with Gasteiger partial charge in [0.2, 0.25) is 11.8 Å². The molecule has 1 saturated heterocycles. The molecule has 0 radical (unpaired) electrons. The second-order valence-corrected chi connectivity index (χ2v) is 5.01. The standard InChI is InChI=1S/C13H16N2O2S/c1-2-14-7-10-5-3-4-6-11(10)15-12(16)8-18-9-13(15)17/h3-6,14H,2,7-9H2,1H3. The molecular formula is C13H16N2O2S. The number of hydrogen-bond donors (Lipinski definition) is 1. The SMILES string of the molecule is CCNCc1ccccc1N1C(=O)CSCC1=O. The largest absolute Gasteiger partial charge is 0.313 e. The van der Waals surface area contributed by atoms with E-state index >= 15 is 0 Å². The van der Waals surface area contributed by atoms with Crippen molar-refractivity contribution in [1.29, 1.82) is 0 Å². The Morgan fingerprint density at radius 2 is 1.89 bits per heavy atom. The molecule has 0 spiro atoms. The number of rotatable bonds is 4. The maximum absolute atomic E-state index is 11.9. The summed E-state index contributed by atoms with van der Waals surface area (Å²) in [6.07, 6.45) is 0. The molecular weight excluding hydrogens is 248 g/mol. The number of carbonyl (C=O) groups excluding carboxylic acids is 2. The predicted molar refractivity (Wildman–Crippen MR) is 73.6 cm³/mol. The Bertz CT molecular complexity index is 446. The topological polar surface area (TPSA) is 49.4 Å². The minimum atomic E-state index is -0.125. The normalized spacial score (nSPS) is 16.2. The van der Waals surface area contributed by atoms with E-state index in [1.54, 1.807) is 0 Å². The maximum atomic E-state index is 11.9.